The van der Waals surface area contributed by atoms with Crippen LogP contribution >= 0.6 is 0 Å². The molecule has 1 saturated heterocycles. The van der Waals surface area contributed by atoms with Gasteiger partial charge in [0, 0.05) is 18.2 Å². The Kier molecular flexibility index (Phi) is 5.90. The van der Waals surface area contributed by atoms with Gasteiger partial charge in [0.15, 0.2) is 0 Å². The van der Waals surface area contributed by atoms with Gasteiger partial charge in [-0.1, -0.05) is 48.9 Å². The first kappa shape index (κ1) is 19.8. The second kappa shape index (κ2) is 8.93. The summed E-state index contributed by atoms with van der Waals surface area (Å²) in [6, 6.07) is 19.6. The van der Waals surface area contributed by atoms with E-state index in [-0.39, 0.29) is 5.91 Å². The number of hydrogen-bond acceptors (Lipinski definition) is 2. The summed E-state index contributed by atoms with van der Waals surface area (Å²) in [5.74, 6) is 2.50. The lowest BCUT2D eigenvalue weighted by Gasteiger charge is -2.32. The fourth-order valence-corrected chi connectivity index (χ4v) is 5.99. The molecule has 0 radical (unpaired) electrons. The average molecular weight is 403 g/mol. The van der Waals surface area contributed by atoms with E-state index in [0.29, 0.717) is 6.04 Å². The number of likely N-dealkylation sites (tertiary alicyclic amines) is 1. The third-order valence-corrected chi connectivity index (χ3v) is 7.75. The van der Waals surface area contributed by atoms with Crippen molar-refractivity contribution in [3.8, 4) is 0 Å². The summed E-state index contributed by atoms with van der Waals surface area (Å²) in [6.45, 7) is 3.33. The molecule has 3 nitrogen and oxygen atoms in total. The predicted molar refractivity (Wildman–Crippen MR) is 121 cm³/mol. The van der Waals surface area contributed by atoms with Crippen LogP contribution in [0, 0.1) is 17.8 Å². The SMILES string of the molecule is O=C(N[C@H]1C[C@@H]2CC[C@H]1C2)c1ccc(CN2CCC(Cc3ccccc3)CC2)cc1. The topological polar surface area (TPSA) is 32.3 Å². The van der Waals surface area contributed by atoms with Crippen molar-refractivity contribution in [3.63, 3.8) is 0 Å². The van der Waals surface area contributed by atoms with Crippen molar-refractivity contribution in [2.75, 3.05) is 13.1 Å². The number of hydrogen-bond donors (Lipinski definition) is 1. The molecule has 1 N–H and O–H groups in total. The zero-order valence-corrected chi connectivity index (χ0v) is 17.9. The molecular weight excluding hydrogens is 368 g/mol. The van der Waals surface area contributed by atoms with Gasteiger partial charge in [-0.3, -0.25) is 9.69 Å². The fraction of sp³-hybridized carbons (Fsp3) is 0.519. The molecule has 1 aliphatic heterocycles. The summed E-state index contributed by atoms with van der Waals surface area (Å²) in [5.41, 5.74) is 3.59. The first-order valence-electron chi connectivity index (χ1n) is 11.9. The Hall–Kier alpha value is -2.13. The van der Waals surface area contributed by atoms with Crippen molar-refractivity contribution >= 4 is 5.91 Å². The second-order valence-electron chi connectivity index (χ2n) is 9.86. The van der Waals surface area contributed by atoms with Crippen LogP contribution in [-0.2, 0) is 13.0 Å². The molecule has 2 aliphatic carbocycles. The summed E-state index contributed by atoms with van der Waals surface area (Å²) < 4.78 is 0. The maximum atomic E-state index is 12.6. The van der Waals surface area contributed by atoms with Crippen LogP contribution in [0.1, 0.15) is 60.0 Å². The Morgan fingerprint density at radius 3 is 2.30 bits per heavy atom. The molecule has 3 heteroatoms. The maximum Gasteiger partial charge on any atom is 0.251 e. The van der Waals surface area contributed by atoms with Crippen molar-refractivity contribution in [1.82, 2.24) is 10.2 Å². The van der Waals surface area contributed by atoms with Crippen LogP contribution in [0.4, 0.5) is 0 Å². The number of nitrogens with zero attached hydrogens (tertiary/aromatic N) is 1. The minimum atomic E-state index is 0.112. The summed E-state index contributed by atoms with van der Waals surface area (Å²) in [5, 5.41) is 3.30. The van der Waals surface area contributed by atoms with Gasteiger partial charge in [0.25, 0.3) is 5.91 Å². The number of benzene rings is 2. The van der Waals surface area contributed by atoms with Crippen molar-refractivity contribution in [1.29, 1.82) is 0 Å². The molecule has 0 aromatic heterocycles. The maximum absolute atomic E-state index is 12.6. The van der Waals surface area contributed by atoms with Gasteiger partial charge in [-0.25, -0.2) is 0 Å². The molecule has 2 aromatic carbocycles. The number of piperidine rings is 1. The van der Waals surface area contributed by atoms with Crippen molar-refractivity contribution in [2.24, 2.45) is 17.8 Å². The minimum Gasteiger partial charge on any atom is -0.349 e. The highest BCUT2D eigenvalue weighted by Gasteiger charge is 2.40. The zero-order valence-electron chi connectivity index (χ0n) is 17.9. The fourth-order valence-electron chi connectivity index (χ4n) is 5.99. The van der Waals surface area contributed by atoms with E-state index in [2.05, 4.69) is 52.7 Å². The Morgan fingerprint density at radius 1 is 0.867 bits per heavy atom. The molecule has 3 aliphatic rings. The van der Waals surface area contributed by atoms with Gasteiger partial charge in [-0.15, -0.1) is 0 Å². The Morgan fingerprint density at radius 2 is 1.63 bits per heavy atom. The van der Waals surface area contributed by atoms with Crippen LogP contribution < -0.4 is 5.32 Å². The molecule has 3 fully saturated rings. The molecule has 3 atom stereocenters. The zero-order chi connectivity index (χ0) is 20.3. The predicted octanol–water partition coefficient (Wildman–Crippen LogP) is 5.06. The van der Waals surface area contributed by atoms with Crippen LogP contribution in [0.3, 0.4) is 0 Å². The Labute approximate surface area is 180 Å². The number of carbonyl (C=O) groups excluding carboxylic acids is 1. The van der Waals surface area contributed by atoms with Crippen LogP contribution in [0.2, 0.25) is 0 Å². The third kappa shape index (κ3) is 4.62. The van der Waals surface area contributed by atoms with E-state index >= 15 is 0 Å². The van der Waals surface area contributed by atoms with E-state index in [4.69, 9.17) is 0 Å². The highest BCUT2D eigenvalue weighted by Crippen LogP contribution is 2.44. The highest BCUT2D eigenvalue weighted by molar-refractivity contribution is 5.94. The van der Waals surface area contributed by atoms with Gasteiger partial charge >= 0.3 is 0 Å². The molecule has 2 aromatic rings. The molecule has 2 saturated carbocycles. The standard InChI is InChI=1S/C27H34N2O/c30-27(28-26-18-23-8-11-25(26)17-23)24-9-6-22(7-10-24)19-29-14-12-21(13-15-29)16-20-4-2-1-3-5-20/h1-7,9-10,21,23,25-26H,8,11-19H2,(H,28,30)/t23-,25+,26+/m1/s1. The van der Waals surface area contributed by atoms with E-state index in [9.17, 15) is 4.79 Å². The third-order valence-electron chi connectivity index (χ3n) is 7.75. The van der Waals surface area contributed by atoms with Crippen LogP contribution in [0.5, 0.6) is 0 Å². The number of fused-ring (bicyclic) bond motifs is 2. The number of amides is 1. The molecule has 0 spiro atoms. The van der Waals surface area contributed by atoms with Gasteiger partial charge in [-0.2, -0.15) is 0 Å². The summed E-state index contributed by atoms with van der Waals surface area (Å²) >= 11 is 0. The lowest BCUT2D eigenvalue weighted by molar-refractivity contribution is 0.0923. The average Bonchev–Trinajstić information content (AvgIpc) is 3.40. The van der Waals surface area contributed by atoms with Gasteiger partial charge in [0.1, 0.15) is 0 Å². The molecule has 0 unspecified atom stereocenters. The molecule has 158 valence electrons. The van der Waals surface area contributed by atoms with E-state index in [0.717, 1.165) is 29.9 Å². The smallest absolute Gasteiger partial charge is 0.251 e. The van der Waals surface area contributed by atoms with Crippen LogP contribution in [-0.4, -0.2) is 29.9 Å². The van der Waals surface area contributed by atoms with Gasteiger partial charge in [0.05, 0.1) is 0 Å². The Bertz CT molecular complexity index is 839. The summed E-state index contributed by atoms with van der Waals surface area (Å²) in [7, 11) is 0. The lowest BCUT2D eigenvalue weighted by atomic mass is 9.90. The number of rotatable bonds is 6. The lowest BCUT2D eigenvalue weighted by Crippen LogP contribution is -2.38. The number of nitrogens with one attached hydrogen (secondary N) is 1. The van der Waals surface area contributed by atoms with E-state index < -0.39 is 0 Å². The van der Waals surface area contributed by atoms with Crippen LogP contribution in [0.25, 0.3) is 0 Å². The quantitative estimate of drug-likeness (QED) is 0.732. The Balaban J connectivity index is 1.08. The minimum absolute atomic E-state index is 0.112. The molecule has 2 bridgehead atoms. The van der Waals surface area contributed by atoms with Crippen molar-refractivity contribution < 1.29 is 4.79 Å². The van der Waals surface area contributed by atoms with E-state index in [1.54, 1.807) is 0 Å². The number of carbonyl (C=O) groups is 1. The first-order valence-corrected chi connectivity index (χ1v) is 11.9. The normalized spacial score (nSPS) is 26.7. The van der Waals surface area contributed by atoms with E-state index in [1.807, 2.05) is 12.1 Å². The monoisotopic (exact) mass is 402 g/mol. The molecule has 1 heterocycles. The molecule has 30 heavy (non-hydrogen) atoms. The molecular formula is C27H34N2O. The van der Waals surface area contributed by atoms with Gasteiger partial charge < -0.3 is 5.32 Å². The highest BCUT2D eigenvalue weighted by atomic mass is 16.1. The summed E-state index contributed by atoms with van der Waals surface area (Å²) in [4.78, 5) is 15.2. The largest absolute Gasteiger partial charge is 0.349 e. The molecule has 5 rings (SSSR count). The van der Waals surface area contributed by atoms with Crippen molar-refractivity contribution in [2.45, 2.75) is 57.5 Å². The van der Waals surface area contributed by atoms with Crippen LogP contribution in [0.15, 0.2) is 54.6 Å². The summed E-state index contributed by atoms with van der Waals surface area (Å²) in [6.07, 6.45) is 8.95. The van der Waals surface area contributed by atoms with Gasteiger partial charge in [0.2, 0.25) is 0 Å². The van der Waals surface area contributed by atoms with Crippen molar-refractivity contribution in [3.05, 3.63) is 71.3 Å². The van der Waals surface area contributed by atoms with Gasteiger partial charge in [-0.05, 0) is 92.6 Å². The second-order valence-corrected chi connectivity index (χ2v) is 9.86. The molecule has 1 amide bonds. The first-order chi connectivity index (χ1) is 14.7. The van der Waals surface area contributed by atoms with E-state index in [1.165, 1.54) is 69.2 Å².